The molecule has 0 amide bonds. The van der Waals surface area contributed by atoms with Crippen molar-refractivity contribution in [2.24, 2.45) is 0 Å². The third-order valence-corrected chi connectivity index (χ3v) is 13.0. The van der Waals surface area contributed by atoms with Crippen molar-refractivity contribution in [3.63, 3.8) is 0 Å². The van der Waals surface area contributed by atoms with E-state index in [0.717, 1.165) is 44.9 Å². The number of carboxylic acids is 1. The number of aliphatic carboxylic acids is 1. The smallest absolute Gasteiger partial charge is 0.306 e. The maximum Gasteiger partial charge on any atom is 0.306 e. The third-order valence-electron chi connectivity index (χ3n) is 13.0. The van der Waals surface area contributed by atoms with E-state index in [9.17, 15) is 19.5 Å². The van der Waals surface area contributed by atoms with Gasteiger partial charge in [0.25, 0.3) is 0 Å². The van der Waals surface area contributed by atoms with Crippen LogP contribution in [0.15, 0.2) is 24.3 Å². The number of hydrogen-bond donors (Lipinski definition) is 0. The zero-order chi connectivity index (χ0) is 49.9. The lowest BCUT2D eigenvalue weighted by molar-refractivity contribution is -0.870. The van der Waals surface area contributed by atoms with Gasteiger partial charge in [0.15, 0.2) is 12.4 Å². The van der Waals surface area contributed by atoms with E-state index in [-0.39, 0.29) is 32.2 Å². The number of unbranched alkanes of at least 4 members (excludes halogenated alkanes) is 35. The van der Waals surface area contributed by atoms with Gasteiger partial charge in [0.05, 0.1) is 40.3 Å². The van der Waals surface area contributed by atoms with Gasteiger partial charge in [-0.05, 0) is 44.9 Å². The molecule has 0 N–H and O–H groups in total. The number of carboxylic acid groups (broad SMARTS) is 1. The molecule has 0 radical (unpaired) electrons. The fourth-order valence-corrected chi connectivity index (χ4v) is 8.45. The van der Waals surface area contributed by atoms with Crippen LogP contribution in [0.2, 0.25) is 0 Å². The number of carbonyl (C=O) groups excluding carboxylic acids is 3. The molecule has 2 unspecified atom stereocenters. The minimum absolute atomic E-state index is 0.151. The van der Waals surface area contributed by atoms with Gasteiger partial charge < -0.3 is 33.3 Å². The Morgan fingerprint density at radius 2 is 0.794 bits per heavy atom. The summed E-state index contributed by atoms with van der Waals surface area (Å²) in [7, 11) is 5.93. The molecule has 0 saturated heterocycles. The second kappa shape index (κ2) is 51.1. The molecule has 9 nitrogen and oxygen atoms in total. The number of rotatable bonds is 54. The van der Waals surface area contributed by atoms with Crippen LogP contribution in [0.4, 0.5) is 0 Å². The Hall–Kier alpha value is -2.23. The first-order valence-corrected chi connectivity index (χ1v) is 29.0. The molecule has 9 heteroatoms. The van der Waals surface area contributed by atoms with Crippen LogP contribution in [0, 0.1) is 0 Å². The largest absolute Gasteiger partial charge is 0.545 e. The average Bonchev–Trinajstić information content (AvgIpc) is 3.30. The molecule has 0 aliphatic rings. The van der Waals surface area contributed by atoms with Crippen LogP contribution in [0.25, 0.3) is 0 Å². The Labute approximate surface area is 420 Å². The molecule has 0 rings (SSSR count). The molecule has 0 aromatic heterocycles. The highest BCUT2D eigenvalue weighted by molar-refractivity contribution is 5.70. The summed E-state index contributed by atoms with van der Waals surface area (Å²) >= 11 is 0. The fraction of sp³-hybridized carbons (Fsp3) is 0.881. The van der Waals surface area contributed by atoms with Crippen LogP contribution in [-0.4, -0.2) is 82.3 Å². The Kier molecular flexibility index (Phi) is 49.5. The van der Waals surface area contributed by atoms with Crippen LogP contribution in [0.1, 0.15) is 277 Å². The third kappa shape index (κ3) is 51.6. The second-order valence-corrected chi connectivity index (χ2v) is 20.9. The topological polar surface area (TPSA) is 111 Å². The summed E-state index contributed by atoms with van der Waals surface area (Å²) in [5, 5.41) is 11.8. The summed E-state index contributed by atoms with van der Waals surface area (Å²) in [6.07, 6.45) is 56.6. The molecule has 0 aromatic carbocycles. The first kappa shape index (κ1) is 65.8. The van der Waals surface area contributed by atoms with Crippen molar-refractivity contribution in [3.8, 4) is 0 Å². The molecular weight excluding hydrogens is 851 g/mol. The molecule has 0 spiro atoms. The minimum Gasteiger partial charge on any atom is -0.545 e. The van der Waals surface area contributed by atoms with Gasteiger partial charge in [0.1, 0.15) is 13.2 Å². The molecule has 2 atom stereocenters. The van der Waals surface area contributed by atoms with Crippen molar-refractivity contribution < 1.29 is 42.9 Å². The Bertz CT molecular complexity index is 1170. The number of esters is 2. The van der Waals surface area contributed by atoms with Gasteiger partial charge in [0.2, 0.25) is 0 Å². The van der Waals surface area contributed by atoms with Gasteiger partial charge >= 0.3 is 11.9 Å². The lowest BCUT2D eigenvalue weighted by atomic mass is 10.0. The number of nitrogens with zero attached hydrogens (tertiary/aromatic N) is 1. The number of quaternary nitrogens is 1. The van der Waals surface area contributed by atoms with Crippen LogP contribution < -0.4 is 5.11 Å². The van der Waals surface area contributed by atoms with Crippen molar-refractivity contribution in [3.05, 3.63) is 24.3 Å². The van der Waals surface area contributed by atoms with Crippen molar-refractivity contribution in [2.45, 2.75) is 289 Å². The van der Waals surface area contributed by atoms with Crippen LogP contribution in [0.5, 0.6) is 0 Å². The first-order chi connectivity index (χ1) is 33.1. The molecule has 68 heavy (non-hydrogen) atoms. The molecule has 0 heterocycles. The summed E-state index contributed by atoms with van der Waals surface area (Å²) in [5.74, 6) is -2.26. The summed E-state index contributed by atoms with van der Waals surface area (Å²) in [5.41, 5.74) is 0. The van der Waals surface area contributed by atoms with E-state index in [1.807, 2.05) is 21.1 Å². The number of carbonyl (C=O) groups is 3. The number of likely N-dealkylation sites (N-methyl/N-ethyl adjacent to an activating group) is 1. The van der Waals surface area contributed by atoms with Gasteiger partial charge in [-0.2, -0.15) is 0 Å². The Balaban J connectivity index is 4.12. The summed E-state index contributed by atoms with van der Waals surface area (Å²) in [6.45, 7) is 4.78. The van der Waals surface area contributed by atoms with Crippen molar-refractivity contribution in [1.29, 1.82) is 0 Å². The Morgan fingerprint density at radius 3 is 1.16 bits per heavy atom. The molecule has 0 aromatic rings. The van der Waals surface area contributed by atoms with Crippen molar-refractivity contribution in [2.75, 3.05) is 47.5 Å². The van der Waals surface area contributed by atoms with E-state index >= 15 is 0 Å². The van der Waals surface area contributed by atoms with Gasteiger partial charge in [-0.1, -0.05) is 244 Å². The summed E-state index contributed by atoms with van der Waals surface area (Å²) in [4.78, 5) is 37.2. The van der Waals surface area contributed by atoms with E-state index in [4.69, 9.17) is 18.9 Å². The van der Waals surface area contributed by atoms with Gasteiger partial charge in [-0.3, -0.25) is 9.59 Å². The lowest BCUT2D eigenvalue weighted by Crippen LogP contribution is -2.44. The van der Waals surface area contributed by atoms with E-state index < -0.39 is 24.3 Å². The van der Waals surface area contributed by atoms with Gasteiger partial charge in [-0.15, -0.1) is 0 Å². The molecule has 0 aliphatic heterocycles. The second-order valence-electron chi connectivity index (χ2n) is 20.9. The van der Waals surface area contributed by atoms with Crippen LogP contribution >= 0.6 is 0 Å². The lowest BCUT2D eigenvalue weighted by Gasteiger charge is -2.26. The number of hydrogen-bond acceptors (Lipinski definition) is 8. The summed E-state index contributed by atoms with van der Waals surface area (Å²) < 4.78 is 22.7. The normalized spacial score (nSPS) is 12.9. The highest BCUT2D eigenvalue weighted by Gasteiger charge is 2.22. The summed E-state index contributed by atoms with van der Waals surface area (Å²) in [6, 6.07) is 0. The van der Waals surface area contributed by atoms with Crippen LogP contribution in [-0.2, 0) is 33.3 Å². The van der Waals surface area contributed by atoms with Gasteiger partial charge in [-0.25, -0.2) is 0 Å². The maximum absolute atomic E-state index is 12.8. The van der Waals surface area contributed by atoms with Crippen LogP contribution in [0.3, 0.4) is 0 Å². The minimum atomic E-state index is -1.62. The molecule has 0 aliphatic carbocycles. The van der Waals surface area contributed by atoms with Crippen molar-refractivity contribution in [1.82, 2.24) is 0 Å². The fourth-order valence-electron chi connectivity index (χ4n) is 8.45. The molecule has 400 valence electrons. The predicted molar refractivity (Wildman–Crippen MR) is 283 cm³/mol. The molecular formula is C59H111NO8. The number of allylic oxidation sites excluding steroid dienone is 4. The highest BCUT2D eigenvalue weighted by atomic mass is 16.7. The molecule has 0 bridgehead atoms. The van der Waals surface area contributed by atoms with E-state index in [1.165, 1.54) is 205 Å². The predicted octanol–water partition coefficient (Wildman–Crippen LogP) is 15.4. The van der Waals surface area contributed by atoms with E-state index in [1.54, 1.807) is 0 Å². The zero-order valence-electron chi connectivity index (χ0n) is 45.5. The molecule has 0 saturated carbocycles. The zero-order valence-corrected chi connectivity index (χ0v) is 45.5. The first-order valence-electron chi connectivity index (χ1n) is 29.0. The molecule has 0 fully saturated rings. The SMILES string of the molecule is CCCCCCC/C=C\C/C=C\CCCCCCCCCCCCCCCCCCCC(=O)OC(COC(=O)CCCCCCCCCCCCCCCC)COC(OCC[N+](C)(C)C)C(=O)[O-]. The average molecular weight is 963 g/mol. The van der Waals surface area contributed by atoms with Crippen molar-refractivity contribution >= 4 is 17.9 Å². The van der Waals surface area contributed by atoms with Gasteiger partial charge in [0, 0.05) is 12.8 Å². The van der Waals surface area contributed by atoms with E-state index in [0.29, 0.717) is 17.4 Å². The standard InChI is InChI=1S/C59H111NO8/c1-6-8-10-12-14-16-18-20-22-23-24-25-26-27-28-29-30-31-32-33-34-35-36-38-40-42-44-46-48-50-57(62)68-55(54-67-59(58(63)64)65-52-51-60(3,4)5)53-66-56(61)49-47-45-43-41-39-37-21-19-17-15-13-11-9-7-2/h18,20,23-24,55,59H,6-17,19,21-22,25-54H2,1-5H3/b20-18-,24-23-. The monoisotopic (exact) mass is 962 g/mol. The number of ether oxygens (including phenoxy) is 4. The highest BCUT2D eigenvalue weighted by Crippen LogP contribution is 2.17. The maximum atomic E-state index is 12.8. The quantitative estimate of drug-likeness (QED) is 0.0195. The van der Waals surface area contributed by atoms with E-state index in [2.05, 4.69) is 38.2 Å². The Morgan fingerprint density at radius 1 is 0.441 bits per heavy atom.